The maximum Gasteiger partial charge on any atom is 0.267 e. The third-order valence-electron chi connectivity index (χ3n) is 10.7. The van der Waals surface area contributed by atoms with Gasteiger partial charge in [0.25, 0.3) is 11.8 Å². The molecule has 0 saturated heterocycles. The number of azide groups is 1. The van der Waals surface area contributed by atoms with Gasteiger partial charge in [-0.25, -0.2) is 17.6 Å². The number of fused-ring (bicyclic) bond motifs is 5. The van der Waals surface area contributed by atoms with Crippen LogP contribution >= 0.6 is 0 Å². The molecule has 4 aliphatic carbocycles. The van der Waals surface area contributed by atoms with Gasteiger partial charge in [0.1, 0.15) is 11.3 Å². The predicted octanol–water partition coefficient (Wildman–Crippen LogP) is 6.22. The lowest BCUT2D eigenvalue weighted by Crippen LogP contribution is -2.54. The zero-order chi connectivity index (χ0) is 29.7. The van der Waals surface area contributed by atoms with E-state index in [-0.39, 0.29) is 16.9 Å². The Bertz CT molecular complexity index is 1320. The molecule has 13 heteroatoms. The van der Waals surface area contributed by atoms with Crippen molar-refractivity contribution >= 4 is 23.2 Å². The lowest BCUT2D eigenvalue weighted by atomic mass is 9.45. The fourth-order valence-electron chi connectivity index (χ4n) is 8.47. The van der Waals surface area contributed by atoms with E-state index in [1.165, 1.54) is 0 Å². The van der Waals surface area contributed by atoms with Gasteiger partial charge in [-0.15, -0.1) is 0 Å². The van der Waals surface area contributed by atoms with E-state index in [0.717, 1.165) is 57.1 Å². The molecule has 222 valence electrons. The van der Waals surface area contributed by atoms with Gasteiger partial charge in [-0.3, -0.25) is 14.9 Å². The lowest BCUT2D eigenvalue weighted by Gasteiger charge is -2.60. The number of amides is 2. The SMILES string of the molecule is C[C@]12CC/C(=N\OCC(=O)NC(=O)c3c(F)c(F)c(N=[N+]=[N-])c(F)c3F)C[C@@H]1CC[C@@H]1[C@@H]2CC[C@]2(C)[C@@H](O)CC[C@@H]12. The second kappa shape index (κ2) is 10.9. The Morgan fingerprint density at radius 2 is 1.68 bits per heavy atom. The van der Waals surface area contributed by atoms with E-state index < -0.39 is 52.9 Å². The van der Waals surface area contributed by atoms with Crippen LogP contribution in [0.15, 0.2) is 10.3 Å². The number of carbonyl (C=O) groups is 2. The van der Waals surface area contributed by atoms with Gasteiger partial charge in [0.15, 0.2) is 29.9 Å². The maximum atomic E-state index is 14.2. The van der Waals surface area contributed by atoms with E-state index in [4.69, 9.17) is 10.4 Å². The summed E-state index contributed by atoms with van der Waals surface area (Å²) in [7, 11) is 0. The molecule has 0 radical (unpaired) electrons. The fourth-order valence-corrected chi connectivity index (χ4v) is 8.47. The molecule has 0 aromatic heterocycles. The number of benzene rings is 1. The van der Waals surface area contributed by atoms with Crippen molar-refractivity contribution in [2.75, 3.05) is 6.61 Å². The summed E-state index contributed by atoms with van der Waals surface area (Å²) in [6.07, 6.45) is 8.44. The molecular weight excluding hydrogens is 546 g/mol. The van der Waals surface area contributed by atoms with Crippen LogP contribution in [0.5, 0.6) is 0 Å². The minimum Gasteiger partial charge on any atom is -0.393 e. The molecule has 9 nitrogen and oxygen atoms in total. The van der Waals surface area contributed by atoms with E-state index in [2.05, 4.69) is 29.0 Å². The standard InChI is InChI=1S/C28H33F4N5O4/c1-27-9-7-14(11-13(27)3-4-15-16-5-6-18(38)28(16,2)10-8-17(15)27)36-41-12-19(39)34-26(40)20-21(29)23(31)25(35-37-33)24(32)22(20)30/h13,15-18,38H,3-12H2,1-2H3,(H,34,39,40)/b36-14+/t13-,15-,16-,17-,18-,27-,28-/m0/s1. The molecule has 0 heterocycles. The van der Waals surface area contributed by atoms with Crippen LogP contribution in [0.1, 0.15) is 82.0 Å². The molecule has 5 rings (SSSR count). The number of hydrogen-bond donors (Lipinski definition) is 2. The fraction of sp³-hybridized carbons (Fsp3) is 0.679. The monoisotopic (exact) mass is 579 g/mol. The van der Waals surface area contributed by atoms with Crippen molar-refractivity contribution in [2.45, 2.75) is 77.7 Å². The summed E-state index contributed by atoms with van der Waals surface area (Å²) in [6, 6.07) is 0. The van der Waals surface area contributed by atoms with Crippen LogP contribution < -0.4 is 5.32 Å². The Labute approximate surface area is 234 Å². The van der Waals surface area contributed by atoms with E-state index >= 15 is 0 Å². The van der Waals surface area contributed by atoms with Crippen LogP contribution in [0.2, 0.25) is 0 Å². The van der Waals surface area contributed by atoms with Crippen LogP contribution in [-0.2, 0) is 9.63 Å². The first kappa shape index (κ1) is 29.3. The van der Waals surface area contributed by atoms with Crippen LogP contribution in [0.25, 0.3) is 10.4 Å². The number of halogens is 4. The average molecular weight is 580 g/mol. The molecule has 4 fully saturated rings. The number of aliphatic hydroxyl groups excluding tert-OH is 1. The van der Waals surface area contributed by atoms with Crippen molar-refractivity contribution < 1.29 is 37.1 Å². The molecule has 1 aromatic carbocycles. The molecule has 2 amide bonds. The summed E-state index contributed by atoms with van der Waals surface area (Å²) in [6.45, 7) is 3.88. The summed E-state index contributed by atoms with van der Waals surface area (Å²) in [5, 5.41) is 18.9. The molecule has 0 unspecified atom stereocenters. The Hall–Kier alpha value is -3.18. The van der Waals surface area contributed by atoms with Crippen molar-refractivity contribution in [1.29, 1.82) is 0 Å². The number of oxime groups is 1. The Morgan fingerprint density at radius 3 is 2.37 bits per heavy atom. The third kappa shape index (κ3) is 4.86. The molecule has 0 aliphatic heterocycles. The van der Waals surface area contributed by atoms with Crippen LogP contribution in [0, 0.1) is 57.8 Å². The normalized spacial score (nSPS) is 35.1. The highest BCUT2D eigenvalue weighted by Crippen LogP contribution is 2.66. The van der Waals surface area contributed by atoms with E-state index in [1.54, 1.807) is 5.32 Å². The first-order chi connectivity index (χ1) is 19.4. The van der Waals surface area contributed by atoms with Crippen LogP contribution in [-0.4, -0.2) is 35.3 Å². The summed E-state index contributed by atoms with van der Waals surface area (Å²) in [5.74, 6) is -9.00. The van der Waals surface area contributed by atoms with E-state index in [1.807, 2.05) is 0 Å². The number of carbonyl (C=O) groups excluding carboxylic acids is 2. The van der Waals surface area contributed by atoms with Crippen molar-refractivity contribution in [3.8, 4) is 0 Å². The van der Waals surface area contributed by atoms with Crippen LogP contribution in [0.3, 0.4) is 0 Å². The number of rotatable bonds is 5. The average Bonchev–Trinajstić information content (AvgIpc) is 3.24. The minimum absolute atomic E-state index is 0.0245. The summed E-state index contributed by atoms with van der Waals surface area (Å²) < 4.78 is 56.3. The third-order valence-corrected chi connectivity index (χ3v) is 10.7. The van der Waals surface area contributed by atoms with Crippen molar-refractivity contribution in [3.05, 3.63) is 39.3 Å². The molecular formula is C28H33F4N5O4. The smallest absolute Gasteiger partial charge is 0.267 e. The number of hydrogen-bond acceptors (Lipinski definition) is 6. The molecule has 0 spiro atoms. The molecule has 2 N–H and O–H groups in total. The van der Waals surface area contributed by atoms with Crippen LogP contribution in [0.4, 0.5) is 23.2 Å². The van der Waals surface area contributed by atoms with Gasteiger partial charge in [0.05, 0.1) is 11.8 Å². The Morgan fingerprint density at radius 1 is 1.00 bits per heavy atom. The van der Waals surface area contributed by atoms with Gasteiger partial charge in [0.2, 0.25) is 0 Å². The second-order valence-electron chi connectivity index (χ2n) is 12.5. The zero-order valence-electron chi connectivity index (χ0n) is 22.9. The molecule has 41 heavy (non-hydrogen) atoms. The topological polar surface area (TPSA) is 137 Å². The quantitative estimate of drug-likeness (QED) is 0.107. The summed E-state index contributed by atoms with van der Waals surface area (Å²) in [5.41, 5.74) is 6.04. The number of imide groups is 1. The molecule has 0 bridgehead atoms. The highest BCUT2D eigenvalue weighted by Gasteiger charge is 2.59. The predicted molar refractivity (Wildman–Crippen MR) is 139 cm³/mol. The van der Waals surface area contributed by atoms with Gasteiger partial charge in [-0.1, -0.05) is 24.1 Å². The molecule has 4 aliphatic rings. The zero-order valence-corrected chi connectivity index (χ0v) is 22.9. The van der Waals surface area contributed by atoms with Gasteiger partial charge in [0, 0.05) is 4.91 Å². The largest absolute Gasteiger partial charge is 0.393 e. The van der Waals surface area contributed by atoms with E-state index in [0.29, 0.717) is 30.1 Å². The van der Waals surface area contributed by atoms with Gasteiger partial charge in [-0.05, 0) is 97.8 Å². The molecule has 4 saturated carbocycles. The Kier molecular flexibility index (Phi) is 7.80. The minimum atomic E-state index is -2.11. The van der Waals surface area contributed by atoms with Crippen molar-refractivity contribution in [3.63, 3.8) is 0 Å². The van der Waals surface area contributed by atoms with Gasteiger partial charge >= 0.3 is 0 Å². The van der Waals surface area contributed by atoms with Gasteiger partial charge < -0.3 is 9.94 Å². The molecule has 7 atom stereocenters. The Balaban J connectivity index is 1.18. The molecule has 1 aromatic rings. The first-order valence-corrected chi connectivity index (χ1v) is 14.0. The van der Waals surface area contributed by atoms with Gasteiger partial charge in [-0.2, -0.15) is 0 Å². The number of aliphatic hydroxyl groups is 1. The number of nitrogens with zero attached hydrogens (tertiary/aromatic N) is 4. The van der Waals surface area contributed by atoms with E-state index in [9.17, 15) is 32.3 Å². The van der Waals surface area contributed by atoms with Crippen molar-refractivity contribution in [1.82, 2.24) is 5.32 Å². The number of nitrogens with one attached hydrogen (secondary N) is 1. The lowest BCUT2D eigenvalue weighted by molar-refractivity contribution is -0.124. The van der Waals surface area contributed by atoms with Crippen molar-refractivity contribution in [2.24, 2.45) is 44.8 Å². The summed E-state index contributed by atoms with van der Waals surface area (Å²) >= 11 is 0. The first-order valence-electron chi connectivity index (χ1n) is 14.0. The second-order valence-corrected chi connectivity index (χ2v) is 12.5. The highest BCUT2D eigenvalue weighted by molar-refractivity contribution is 6.05. The highest BCUT2D eigenvalue weighted by atomic mass is 19.2. The maximum absolute atomic E-state index is 14.2. The summed E-state index contributed by atoms with van der Waals surface area (Å²) in [4.78, 5) is 31.6.